The van der Waals surface area contributed by atoms with E-state index in [-0.39, 0.29) is 70.1 Å². The molecule has 1 aromatic rings. The summed E-state index contributed by atoms with van der Waals surface area (Å²) in [6.45, 7) is 32.5. The smallest absolute Gasteiger partial charge is 0.289 e. The van der Waals surface area contributed by atoms with Crippen molar-refractivity contribution in [1.82, 2.24) is 51.1 Å². The number of rotatable bonds is 30. The van der Waals surface area contributed by atoms with Crippen LogP contribution >= 0.6 is 0 Å². The molecule has 8 N–H and O–H groups in total. The highest BCUT2D eigenvalue weighted by atomic mass is 32.2. The Morgan fingerprint density at radius 1 is 0.540 bits per heavy atom. The van der Waals surface area contributed by atoms with E-state index in [2.05, 4.69) is 82.2 Å². The van der Waals surface area contributed by atoms with Gasteiger partial charge in [-0.1, -0.05) is 178 Å². The van der Waals surface area contributed by atoms with Gasteiger partial charge in [-0.25, -0.2) is 21.6 Å². The summed E-state index contributed by atoms with van der Waals surface area (Å²) in [5.74, 6) is -6.03. The number of hydrogen-bond acceptors (Lipinski definition) is 14. The molecule has 2 saturated heterocycles. The van der Waals surface area contributed by atoms with Crippen LogP contribution < -0.4 is 41.3 Å². The van der Waals surface area contributed by atoms with Gasteiger partial charge in [0.1, 0.15) is 36.3 Å². The van der Waals surface area contributed by atoms with Crippen LogP contribution in [0.1, 0.15) is 193 Å². The Hall–Kier alpha value is -6.38. The quantitative estimate of drug-likeness (QED) is 0.0328. The molecule has 0 bridgehead atoms. The zero-order valence-corrected chi connectivity index (χ0v) is 62.9. The minimum atomic E-state index is -4.09. The van der Waals surface area contributed by atoms with E-state index in [0.717, 1.165) is 64.2 Å². The molecule has 0 radical (unpaired) electrons. The molecular formula is C74H114N10O14S2. The second-order valence-electron chi connectivity index (χ2n) is 33.9. The van der Waals surface area contributed by atoms with Crippen molar-refractivity contribution in [3.8, 4) is 0 Å². The van der Waals surface area contributed by atoms with E-state index in [4.69, 9.17) is 0 Å². The molecule has 8 amide bonds. The fraction of sp³-hybridized carbons (Fsp3) is 0.730. The van der Waals surface area contributed by atoms with Crippen LogP contribution in [0.25, 0.3) is 0 Å². The molecule has 8 fully saturated rings. The fourth-order valence-electron chi connectivity index (χ4n) is 16.3. The average molecular weight is 1430 g/mol. The Labute approximate surface area is 593 Å². The maximum Gasteiger partial charge on any atom is 0.289 e. The molecule has 24 nitrogen and oxygen atoms in total. The van der Waals surface area contributed by atoms with Crippen molar-refractivity contribution in [2.75, 3.05) is 31.9 Å². The number of hydrogen-bond donors (Lipinski definition) is 8. The summed E-state index contributed by atoms with van der Waals surface area (Å²) in [6, 6.07) is -0.317. The monoisotopic (exact) mass is 1430 g/mol. The van der Waals surface area contributed by atoms with E-state index >= 15 is 0 Å². The lowest BCUT2D eigenvalue weighted by Crippen LogP contribution is -2.64. The van der Waals surface area contributed by atoms with E-state index in [1.54, 1.807) is 18.2 Å². The van der Waals surface area contributed by atoms with Crippen molar-refractivity contribution in [2.24, 2.45) is 68.0 Å². The Balaban J connectivity index is 0.000000255. The summed E-state index contributed by atoms with van der Waals surface area (Å²) >= 11 is 0. The molecule has 8 aliphatic rings. The van der Waals surface area contributed by atoms with E-state index < -0.39 is 149 Å². The van der Waals surface area contributed by atoms with Crippen molar-refractivity contribution in [1.29, 1.82) is 0 Å². The second kappa shape index (κ2) is 30.9. The lowest BCUT2D eigenvalue weighted by Gasteiger charge is -2.42. The standard InChI is InChI=1S/C39H57N5O7S.C35H57N5O7S/c1-8-21-40-34(47)30(45)27(22-24-17-18-24)41-33(46)29-28-26(38(28,5)6)23-44(29)36(49)32(37(2,3)4)42-35(48)31(39(7)19-13-10-14-20-39)43-52(50,51)25-15-11-9-12-16-25;1-9-18-36-30(43)26(41)23(19-21-14-15-21)37-29(42)25-24-22(34(24,6)7)20-40(25)32(45)28(33(3,4)5)38-31(44)27(39-48(46,47)10-2)35(8)16-12-11-13-17-35/h8-9,11-12,15-16,24,26-29,31-32,43H,1,10,13-14,17-23H2,2-7H3,(H,40,47)(H,41,46)(H,42,48);9,21-25,27-28,39H,1,10-20H2,2-8H3,(H,36,43)(H,37,42)(H,38,44)/t26-,27?,28-,29-,31+,32+;22-,23?,24-,25-,27+,28+/m00/s1. The summed E-state index contributed by atoms with van der Waals surface area (Å²) in [4.78, 5) is 141. The van der Waals surface area contributed by atoms with E-state index in [0.29, 0.717) is 51.6 Å². The van der Waals surface area contributed by atoms with Crippen molar-refractivity contribution in [2.45, 2.75) is 246 Å². The van der Waals surface area contributed by atoms with Crippen molar-refractivity contribution in [3.63, 3.8) is 0 Å². The van der Waals surface area contributed by atoms with Gasteiger partial charge in [0.2, 0.25) is 67.1 Å². The topological polar surface area (TPSA) is 342 Å². The molecule has 0 aromatic heterocycles. The van der Waals surface area contributed by atoms with Gasteiger partial charge in [-0.2, -0.15) is 4.72 Å². The molecule has 26 heteroatoms. The molecule has 9 rings (SSSR count). The van der Waals surface area contributed by atoms with Gasteiger partial charge < -0.3 is 41.7 Å². The first-order chi connectivity index (χ1) is 46.6. The van der Waals surface area contributed by atoms with Crippen LogP contribution in [-0.2, 0) is 68.0 Å². The number of carbonyl (C=O) groups is 10. The molecule has 6 aliphatic carbocycles. The van der Waals surface area contributed by atoms with Crippen LogP contribution in [0.4, 0.5) is 0 Å². The Kier molecular flexibility index (Phi) is 24.5. The molecule has 0 spiro atoms. The predicted molar refractivity (Wildman–Crippen MR) is 380 cm³/mol. The van der Waals surface area contributed by atoms with Gasteiger partial charge in [0.05, 0.1) is 22.7 Å². The summed E-state index contributed by atoms with van der Waals surface area (Å²) < 4.78 is 58.1. The van der Waals surface area contributed by atoms with Gasteiger partial charge in [-0.15, -0.1) is 13.2 Å². The minimum Gasteiger partial charge on any atom is -0.346 e. The summed E-state index contributed by atoms with van der Waals surface area (Å²) in [5.41, 5.74) is -3.37. The van der Waals surface area contributed by atoms with Gasteiger partial charge in [0.25, 0.3) is 11.8 Å². The summed E-state index contributed by atoms with van der Waals surface area (Å²) in [6.07, 6.45) is 15.3. The van der Waals surface area contributed by atoms with Crippen LogP contribution in [0.2, 0.25) is 0 Å². The number of sulfonamides is 2. The largest absolute Gasteiger partial charge is 0.346 e. The number of piperidine rings is 2. The van der Waals surface area contributed by atoms with Gasteiger partial charge in [-0.3, -0.25) is 47.9 Å². The number of carbonyl (C=O) groups excluding carboxylic acids is 10. The lowest BCUT2D eigenvalue weighted by atomic mass is 9.70. The highest BCUT2D eigenvalue weighted by Gasteiger charge is 2.71. The third-order valence-corrected chi connectivity index (χ3v) is 26.1. The molecule has 556 valence electrons. The minimum absolute atomic E-state index is 0.0311. The number of likely N-dealkylation sites (tertiary alicyclic amines) is 2. The van der Waals surface area contributed by atoms with Gasteiger partial charge in [-0.05, 0) is 126 Å². The maximum atomic E-state index is 14.7. The zero-order valence-electron chi connectivity index (χ0n) is 61.3. The number of Topliss-reactive ketones (excluding diaryl/α,β-unsaturated/α-hetero) is 2. The normalized spacial score (nSPS) is 25.7. The first-order valence-corrected chi connectivity index (χ1v) is 39.5. The third-order valence-electron chi connectivity index (χ3n) is 23.3. The van der Waals surface area contributed by atoms with Crippen LogP contribution in [0.3, 0.4) is 0 Å². The molecule has 2 unspecified atom stereocenters. The number of amides is 8. The molecule has 2 heterocycles. The average Bonchev–Trinajstić information content (AvgIpc) is 1.53. The molecular weight excluding hydrogens is 1320 g/mol. The van der Waals surface area contributed by atoms with Crippen molar-refractivity contribution < 1.29 is 64.8 Å². The van der Waals surface area contributed by atoms with Gasteiger partial charge in [0.15, 0.2) is 0 Å². The first-order valence-electron chi connectivity index (χ1n) is 36.3. The van der Waals surface area contributed by atoms with Crippen LogP contribution in [0, 0.1) is 68.0 Å². The summed E-state index contributed by atoms with van der Waals surface area (Å²) in [5, 5.41) is 16.6. The van der Waals surface area contributed by atoms with Crippen molar-refractivity contribution in [3.05, 3.63) is 55.6 Å². The van der Waals surface area contributed by atoms with Gasteiger partial charge >= 0.3 is 0 Å². The lowest BCUT2D eigenvalue weighted by molar-refractivity contribution is -0.147. The maximum absolute atomic E-state index is 14.7. The predicted octanol–water partition coefficient (Wildman–Crippen LogP) is 5.91. The van der Waals surface area contributed by atoms with E-state index in [1.807, 2.05) is 55.4 Å². The number of nitrogens with one attached hydrogen (secondary N) is 8. The number of ketones is 2. The third kappa shape index (κ3) is 18.3. The van der Waals surface area contributed by atoms with Crippen LogP contribution in [-0.4, -0.2) is 166 Å². The van der Waals surface area contributed by atoms with Crippen LogP contribution in [0.15, 0.2) is 60.5 Å². The van der Waals surface area contributed by atoms with E-state index in [1.165, 1.54) is 41.0 Å². The molecule has 2 aliphatic heterocycles. The highest BCUT2D eigenvalue weighted by molar-refractivity contribution is 7.89. The molecule has 1 aromatic carbocycles. The zero-order chi connectivity index (χ0) is 74.0. The molecule has 100 heavy (non-hydrogen) atoms. The number of nitrogens with zero attached hydrogens (tertiary/aromatic N) is 2. The Bertz CT molecular complexity index is 3510. The SMILES string of the molecule is C=CCNC(=O)C(=O)C(CC1CC1)NC(=O)[C@@H]1[C@@H]2[C@H](CN1C(=O)[C@@H](NC(=O)[C@@H](NS(=O)(=O)CC)C1(C)CCCCC1)C(C)(C)C)C2(C)C.C=CCNC(=O)C(=O)C(CC1CC1)NC(=O)[C@@H]1[C@@H]2[C@H](CN1C(=O)[C@@H](NC(=O)[C@@H](NS(=O)(=O)c1ccccc1)C1(C)CCCCC1)C(C)(C)C)C2(C)C. The van der Waals surface area contributed by atoms with Crippen molar-refractivity contribution >= 4 is 78.9 Å². The fourth-order valence-corrected chi connectivity index (χ4v) is 18.6. The second-order valence-corrected chi connectivity index (χ2v) is 37.6. The van der Waals surface area contributed by atoms with Gasteiger partial charge in [0, 0.05) is 26.2 Å². The highest BCUT2D eigenvalue weighted by Crippen LogP contribution is 2.66. The number of benzene rings is 1. The Morgan fingerprint density at radius 2 is 0.900 bits per heavy atom. The first kappa shape index (κ1) is 79.3. The summed E-state index contributed by atoms with van der Waals surface area (Å²) in [7, 11) is -7.84. The molecule has 12 atom stereocenters. The van der Waals surface area contributed by atoms with Crippen LogP contribution in [0.5, 0.6) is 0 Å². The van der Waals surface area contributed by atoms with E-state index in [9.17, 15) is 64.8 Å². The Morgan fingerprint density at radius 3 is 1.23 bits per heavy atom. The number of fused-ring (bicyclic) bond motifs is 2. The molecule has 6 saturated carbocycles.